The molecule has 2 N–H and O–H groups in total. The summed E-state index contributed by atoms with van der Waals surface area (Å²) in [7, 11) is 0. The van der Waals surface area contributed by atoms with E-state index in [0.29, 0.717) is 12.8 Å². The number of halogens is 1. The van der Waals surface area contributed by atoms with Gasteiger partial charge in [-0.3, -0.25) is 0 Å². The number of aliphatic hydroxyl groups is 2. The van der Waals surface area contributed by atoms with Gasteiger partial charge in [0.15, 0.2) is 0 Å². The van der Waals surface area contributed by atoms with Crippen LogP contribution in [0.25, 0.3) is 0 Å². The van der Waals surface area contributed by atoms with E-state index in [1.165, 1.54) is 24.3 Å². The van der Waals surface area contributed by atoms with E-state index in [2.05, 4.69) is 35.7 Å². The SMILES string of the molecule is OCC[C@H](O)[C@@H](Cl)C/C=C\CCC1SCCCS1. The molecule has 1 fully saturated rings. The number of rotatable bonds is 8. The molecule has 1 saturated heterocycles. The Kier molecular flexibility index (Phi) is 9.69. The lowest BCUT2D eigenvalue weighted by atomic mass is 10.1. The van der Waals surface area contributed by atoms with Crippen LogP contribution in [-0.2, 0) is 0 Å². The fraction of sp³-hybridized carbons (Fsp3) is 0.846. The second-order valence-corrected chi connectivity index (χ2v) is 7.88. The molecular weight excluding hydrogens is 288 g/mol. The zero-order valence-electron chi connectivity index (χ0n) is 10.6. The van der Waals surface area contributed by atoms with Crippen molar-refractivity contribution in [1.82, 2.24) is 0 Å². The van der Waals surface area contributed by atoms with E-state index in [4.69, 9.17) is 16.7 Å². The van der Waals surface area contributed by atoms with Gasteiger partial charge in [-0.25, -0.2) is 0 Å². The molecule has 0 aromatic rings. The summed E-state index contributed by atoms with van der Waals surface area (Å²) in [4.78, 5) is 0. The Morgan fingerprint density at radius 3 is 2.67 bits per heavy atom. The number of allylic oxidation sites excluding steroid dienone is 2. The molecule has 106 valence electrons. The van der Waals surface area contributed by atoms with Gasteiger partial charge in [-0.1, -0.05) is 12.2 Å². The molecule has 0 saturated carbocycles. The van der Waals surface area contributed by atoms with Crippen LogP contribution in [0.4, 0.5) is 0 Å². The zero-order valence-corrected chi connectivity index (χ0v) is 13.0. The number of hydrogen-bond donors (Lipinski definition) is 2. The Morgan fingerprint density at radius 1 is 1.28 bits per heavy atom. The van der Waals surface area contributed by atoms with E-state index in [-0.39, 0.29) is 12.0 Å². The van der Waals surface area contributed by atoms with Gasteiger partial charge in [0.05, 0.1) is 16.1 Å². The average Bonchev–Trinajstić information content (AvgIpc) is 2.39. The van der Waals surface area contributed by atoms with Crippen LogP contribution in [0.15, 0.2) is 12.2 Å². The molecule has 1 heterocycles. The minimum atomic E-state index is -0.606. The third-order valence-electron chi connectivity index (χ3n) is 2.84. The summed E-state index contributed by atoms with van der Waals surface area (Å²) in [6.07, 6.45) is 8.30. The van der Waals surface area contributed by atoms with Crippen molar-refractivity contribution in [3.8, 4) is 0 Å². The van der Waals surface area contributed by atoms with Crippen molar-refractivity contribution in [2.75, 3.05) is 18.1 Å². The lowest BCUT2D eigenvalue weighted by Gasteiger charge is -2.19. The van der Waals surface area contributed by atoms with Crippen molar-refractivity contribution in [3.63, 3.8) is 0 Å². The fourth-order valence-electron chi connectivity index (χ4n) is 1.75. The highest BCUT2D eigenvalue weighted by atomic mass is 35.5. The molecular formula is C13H23ClO2S2. The van der Waals surface area contributed by atoms with Gasteiger partial charge >= 0.3 is 0 Å². The zero-order chi connectivity index (χ0) is 13.2. The van der Waals surface area contributed by atoms with Crippen molar-refractivity contribution < 1.29 is 10.2 Å². The molecule has 18 heavy (non-hydrogen) atoms. The first-order valence-electron chi connectivity index (χ1n) is 6.55. The predicted molar refractivity (Wildman–Crippen MR) is 83.7 cm³/mol. The Bertz CT molecular complexity index is 233. The lowest BCUT2D eigenvalue weighted by molar-refractivity contribution is 0.129. The summed E-state index contributed by atoms with van der Waals surface area (Å²) in [6, 6.07) is 0. The lowest BCUT2D eigenvalue weighted by Crippen LogP contribution is -2.21. The van der Waals surface area contributed by atoms with Gasteiger partial charge in [-0.2, -0.15) is 0 Å². The maximum Gasteiger partial charge on any atom is 0.0728 e. The quantitative estimate of drug-likeness (QED) is 0.533. The second kappa shape index (κ2) is 10.4. The van der Waals surface area contributed by atoms with Crippen LogP contribution in [0.2, 0.25) is 0 Å². The minimum Gasteiger partial charge on any atom is -0.396 e. The van der Waals surface area contributed by atoms with Gasteiger partial charge in [0, 0.05) is 6.61 Å². The van der Waals surface area contributed by atoms with Crippen LogP contribution >= 0.6 is 35.1 Å². The molecule has 0 aromatic heterocycles. The molecule has 1 rings (SSSR count). The first-order valence-corrected chi connectivity index (χ1v) is 9.08. The monoisotopic (exact) mass is 310 g/mol. The normalized spacial score (nSPS) is 21.3. The molecule has 2 nitrogen and oxygen atoms in total. The van der Waals surface area contributed by atoms with Gasteiger partial charge in [-0.15, -0.1) is 35.1 Å². The topological polar surface area (TPSA) is 40.5 Å². The van der Waals surface area contributed by atoms with Gasteiger partial charge in [-0.05, 0) is 43.6 Å². The van der Waals surface area contributed by atoms with Crippen molar-refractivity contribution in [2.45, 2.75) is 48.2 Å². The number of alkyl halides is 1. The van der Waals surface area contributed by atoms with Gasteiger partial charge in [0.25, 0.3) is 0 Å². The van der Waals surface area contributed by atoms with Crippen LogP contribution in [0, 0.1) is 0 Å². The Labute approximate surface area is 124 Å². The molecule has 1 aliphatic heterocycles. The summed E-state index contributed by atoms with van der Waals surface area (Å²) >= 11 is 10.2. The first kappa shape index (κ1) is 16.7. The molecule has 0 spiro atoms. The van der Waals surface area contributed by atoms with Crippen molar-refractivity contribution in [3.05, 3.63) is 12.2 Å². The summed E-state index contributed by atoms with van der Waals surface area (Å²) in [5.41, 5.74) is 0. The molecule has 5 heteroatoms. The third kappa shape index (κ3) is 7.29. The molecule has 1 aliphatic rings. The molecule has 0 aromatic carbocycles. The van der Waals surface area contributed by atoms with Crippen molar-refractivity contribution in [2.24, 2.45) is 0 Å². The van der Waals surface area contributed by atoms with E-state index in [9.17, 15) is 5.11 Å². The Morgan fingerprint density at radius 2 is 2.00 bits per heavy atom. The van der Waals surface area contributed by atoms with Gasteiger partial charge in [0.2, 0.25) is 0 Å². The highest BCUT2D eigenvalue weighted by molar-refractivity contribution is 8.17. The van der Waals surface area contributed by atoms with Crippen molar-refractivity contribution in [1.29, 1.82) is 0 Å². The molecule has 0 unspecified atom stereocenters. The number of thioether (sulfide) groups is 2. The maximum atomic E-state index is 9.55. The van der Waals surface area contributed by atoms with Crippen molar-refractivity contribution >= 4 is 35.1 Å². The van der Waals surface area contributed by atoms with E-state index < -0.39 is 6.10 Å². The largest absolute Gasteiger partial charge is 0.396 e. The van der Waals surface area contributed by atoms with Gasteiger partial charge in [0.1, 0.15) is 0 Å². The summed E-state index contributed by atoms with van der Waals surface area (Å²) < 4.78 is 0.759. The molecule has 2 atom stereocenters. The average molecular weight is 311 g/mol. The molecule has 0 radical (unpaired) electrons. The number of hydrogen-bond acceptors (Lipinski definition) is 4. The van der Waals surface area contributed by atoms with E-state index in [0.717, 1.165) is 11.0 Å². The molecule has 0 bridgehead atoms. The molecule has 0 amide bonds. The van der Waals surface area contributed by atoms with Crippen LogP contribution in [0.3, 0.4) is 0 Å². The smallest absolute Gasteiger partial charge is 0.0728 e. The van der Waals surface area contributed by atoms with Crippen LogP contribution in [0.5, 0.6) is 0 Å². The van der Waals surface area contributed by atoms with E-state index in [1.807, 2.05) is 0 Å². The summed E-state index contributed by atoms with van der Waals surface area (Å²) in [5, 5.41) is 18.0. The van der Waals surface area contributed by atoms with Crippen LogP contribution in [-0.4, -0.2) is 44.4 Å². The van der Waals surface area contributed by atoms with Gasteiger partial charge < -0.3 is 10.2 Å². The standard InChI is InChI=1S/C13H23ClO2S2/c14-11(12(16)7-8-15)5-2-1-3-6-13-17-9-4-10-18-13/h1-2,11-13,15-16H,3-10H2/b2-1-/t11-,12-/m0/s1. The Balaban J connectivity index is 2.05. The highest BCUT2D eigenvalue weighted by Crippen LogP contribution is 2.33. The third-order valence-corrected chi connectivity index (χ3v) is 6.38. The van der Waals surface area contributed by atoms with Crippen LogP contribution in [0.1, 0.15) is 32.1 Å². The first-order chi connectivity index (χ1) is 8.74. The summed E-state index contributed by atoms with van der Waals surface area (Å²) in [5.74, 6) is 2.61. The number of aliphatic hydroxyl groups excluding tert-OH is 2. The second-order valence-electron chi connectivity index (χ2n) is 4.40. The fourth-order valence-corrected chi connectivity index (χ4v) is 4.88. The van der Waals surface area contributed by atoms with Crippen LogP contribution < -0.4 is 0 Å². The minimum absolute atomic E-state index is 0.00970. The highest BCUT2D eigenvalue weighted by Gasteiger charge is 2.14. The maximum absolute atomic E-state index is 9.55. The molecule has 0 aliphatic carbocycles. The summed E-state index contributed by atoms with van der Waals surface area (Å²) in [6.45, 7) is -0.00970. The van der Waals surface area contributed by atoms with E-state index in [1.54, 1.807) is 0 Å². The predicted octanol–water partition coefficient (Wildman–Crippen LogP) is 3.26. The van der Waals surface area contributed by atoms with E-state index >= 15 is 0 Å². The Hall–Kier alpha value is 0.650.